The normalized spacial score (nSPS) is 28.3. The Morgan fingerprint density at radius 1 is 1.09 bits per heavy atom. The molecule has 1 amide bonds. The number of rotatable bonds is 10. The van der Waals surface area contributed by atoms with Crippen molar-refractivity contribution in [2.45, 2.75) is 87.5 Å². The van der Waals surface area contributed by atoms with Crippen molar-refractivity contribution in [3.05, 3.63) is 58.8 Å². The van der Waals surface area contributed by atoms with Gasteiger partial charge in [0.05, 0.1) is 16.7 Å². The largest absolute Gasteiger partial charge is 0.504 e. The van der Waals surface area contributed by atoms with Gasteiger partial charge in [-0.25, -0.2) is 0 Å². The number of likely N-dealkylation sites (tertiary alicyclic amines) is 1. The van der Waals surface area contributed by atoms with E-state index in [1.54, 1.807) is 6.07 Å². The van der Waals surface area contributed by atoms with Gasteiger partial charge in [-0.15, -0.1) is 0 Å². The molecule has 3 aliphatic carbocycles. The zero-order valence-corrected chi connectivity index (χ0v) is 24.3. The molecule has 2 aromatic carbocycles. The number of aliphatic carboxylic acids is 1. The van der Waals surface area contributed by atoms with E-state index in [0.29, 0.717) is 31.1 Å². The van der Waals surface area contributed by atoms with Crippen molar-refractivity contribution in [2.75, 3.05) is 19.6 Å². The van der Waals surface area contributed by atoms with E-state index < -0.39 is 23.1 Å². The lowest BCUT2D eigenvalue weighted by molar-refractivity contribution is -0.173. The number of ether oxygens (including phenoxy) is 1. The van der Waals surface area contributed by atoms with Crippen LogP contribution in [0.15, 0.2) is 36.4 Å². The number of carboxylic acid groups (broad SMARTS) is 1. The molecule has 1 saturated carbocycles. The van der Waals surface area contributed by atoms with Crippen LogP contribution in [0.3, 0.4) is 0 Å². The predicted molar refractivity (Wildman–Crippen MR) is 159 cm³/mol. The number of amides is 1. The molecular formula is C34H39N3O6. The minimum Gasteiger partial charge on any atom is -0.504 e. The third-order valence-electron chi connectivity index (χ3n) is 11.0. The van der Waals surface area contributed by atoms with E-state index in [9.17, 15) is 19.8 Å². The zero-order valence-electron chi connectivity index (χ0n) is 24.3. The second-order valence-electron chi connectivity index (χ2n) is 13.4. The molecule has 3 heterocycles. The Labute approximate surface area is 250 Å². The van der Waals surface area contributed by atoms with Gasteiger partial charge in [0, 0.05) is 48.4 Å². The van der Waals surface area contributed by atoms with Crippen LogP contribution >= 0.6 is 0 Å². The second-order valence-corrected chi connectivity index (χ2v) is 13.4. The molecule has 4 atom stereocenters. The summed E-state index contributed by atoms with van der Waals surface area (Å²) in [6.07, 6.45) is 6.13. The molecule has 2 bridgehead atoms. The Morgan fingerprint density at radius 2 is 1.93 bits per heavy atom. The van der Waals surface area contributed by atoms with Gasteiger partial charge in [0.1, 0.15) is 6.54 Å². The van der Waals surface area contributed by atoms with Crippen LogP contribution in [0, 0.1) is 5.92 Å². The SMILES string of the molecule is O=C(O)CCCCCNC(=O)Cn1c2c(c3ccccc31)CC1(O)C3Cc4ccc(O)c5c4C1(CCN3CC1CC1)C2O5. The molecule has 5 aliphatic rings. The van der Waals surface area contributed by atoms with Gasteiger partial charge in [-0.1, -0.05) is 30.7 Å². The standard InChI is InChI=1S/C34H39N3O6/c38-25-12-11-21-16-26-34(42)17-23-22-6-3-4-7-24(22)37(19-27(39)35-14-5-1-2-8-28(40)41)30(23)32-33(34,29(21)31(25)43-32)13-15-36(26)18-20-9-10-20/h3-4,6-7,11-12,20,26,32,38,42H,1-2,5,8-10,13-19H2,(H,35,39)(H,40,41). The predicted octanol–water partition coefficient (Wildman–Crippen LogP) is 3.81. The van der Waals surface area contributed by atoms with Crippen molar-refractivity contribution >= 4 is 22.8 Å². The number of carbonyl (C=O) groups excluding carboxylic acids is 1. The molecule has 0 radical (unpaired) electrons. The van der Waals surface area contributed by atoms with Crippen molar-refractivity contribution in [2.24, 2.45) is 5.92 Å². The lowest BCUT2D eigenvalue weighted by atomic mass is 9.49. The maximum Gasteiger partial charge on any atom is 0.303 e. The topological polar surface area (TPSA) is 124 Å². The highest BCUT2D eigenvalue weighted by Crippen LogP contribution is 2.69. The summed E-state index contributed by atoms with van der Waals surface area (Å²) in [4.78, 5) is 26.7. The maximum absolute atomic E-state index is 13.3. The number of fused-ring (bicyclic) bond motifs is 4. The van der Waals surface area contributed by atoms with Crippen LogP contribution in [-0.4, -0.2) is 67.9 Å². The average molecular weight is 586 g/mol. The highest BCUT2D eigenvalue weighted by molar-refractivity contribution is 5.89. The van der Waals surface area contributed by atoms with E-state index in [-0.39, 0.29) is 30.7 Å². The molecule has 8 rings (SSSR count). The van der Waals surface area contributed by atoms with Crippen molar-refractivity contribution in [1.82, 2.24) is 14.8 Å². The number of unbranched alkanes of at least 4 members (excludes halogenated alkanes) is 2. The first-order valence-electron chi connectivity index (χ1n) is 15.9. The first-order valence-corrected chi connectivity index (χ1v) is 15.9. The monoisotopic (exact) mass is 585 g/mol. The van der Waals surface area contributed by atoms with Gasteiger partial charge in [-0.3, -0.25) is 14.5 Å². The van der Waals surface area contributed by atoms with Crippen molar-refractivity contribution in [1.29, 1.82) is 0 Å². The molecule has 1 aromatic heterocycles. The van der Waals surface area contributed by atoms with Gasteiger partial charge in [-0.2, -0.15) is 0 Å². The number of carboxylic acids is 1. The Morgan fingerprint density at radius 3 is 2.74 bits per heavy atom. The number of nitrogens with zero attached hydrogens (tertiary/aromatic N) is 2. The van der Waals surface area contributed by atoms with Crippen LogP contribution in [0.25, 0.3) is 10.9 Å². The number of aromatic nitrogens is 1. The summed E-state index contributed by atoms with van der Waals surface area (Å²) in [6, 6.07) is 11.8. The van der Waals surface area contributed by atoms with Crippen molar-refractivity contribution in [3.8, 4) is 11.5 Å². The van der Waals surface area contributed by atoms with Gasteiger partial charge in [0.2, 0.25) is 5.91 Å². The van der Waals surface area contributed by atoms with Gasteiger partial charge >= 0.3 is 5.97 Å². The van der Waals surface area contributed by atoms with E-state index in [1.165, 1.54) is 12.8 Å². The van der Waals surface area contributed by atoms with E-state index >= 15 is 0 Å². The van der Waals surface area contributed by atoms with E-state index in [0.717, 1.165) is 72.1 Å². The smallest absolute Gasteiger partial charge is 0.303 e. The molecule has 2 aliphatic heterocycles. The lowest BCUT2D eigenvalue weighted by Gasteiger charge is -2.63. The Balaban J connectivity index is 1.19. The summed E-state index contributed by atoms with van der Waals surface area (Å²) in [7, 11) is 0. The van der Waals surface area contributed by atoms with Gasteiger partial charge in [0.25, 0.3) is 0 Å². The number of aromatic hydroxyl groups is 1. The van der Waals surface area contributed by atoms with Gasteiger partial charge < -0.3 is 29.9 Å². The number of benzene rings is 2. The number of phenols is 1. The molecule has 1 saturated heterocycles. The van der Waals surface area contributed by atoms with Gasteiger partial charge in [-0.05, 0) is 74.2 Å². The lowest BCUT2D eigenvalue weighted by Crippen LogP contribution is -2.74. The molecule has 4 unspecified atom stereocenters. The number of nitrogens with one attached hydrogen (secondary N) is 1. The summed E-state index contributed by atoms with van der Waals surface area (Å²) in [6.45, 7) is 2.49. The number of phenolic OH excluding ortho intramolecular Hbond substituents is 1. The highest BCUT2D eigenvalue weighted by Gasteiger charge is 2.73. The summed E-state index contributed by atoms with van der Waals surface area (Å²) in [5, 5.41) is 37.1. The second kappa shape index (κ2) is 9.72. The highest BCUT2D eigenvalue weighted by atomic mass is 16.5. The van der Waals surface area contributed by atoms with Crippen LogP contribution in [0.5, 0.6) is 11.5 Å². The minimum absolute atomic E-state index is 0.0457. The van der Waals surface area contributed by atoms with Crippen LogP contribution in [0.4, 0.5) is 0 Å². The van der Waals surface area contributed by atoms with Gasteiger partial charge in [0.15, 0.2) is 17.6 Å². The van der Waals surface area contributed by atoms with E-state index in [2.05, 4.69) is 20.9 Å². The number of piperidine rings is 1. The fourth-order valence-corrected chi connectivity index (χ4v) is 8.98. The first-order chi connectivity index (χ1) is 20.8. The third kappa shape index (κ3) is 3.90. The number of hydrogen-bond donors (Lipinski definition) is 4. The summed E-state index contributed by atoms with van der Waals surface area (Å²) < 4.78 is 8.87. The Bertz CT molecular complexity index is 1640. The molecule has 226 valence electrons. The average Bonchev–Trinajstić information content (AvgIpc) is 3.66. The van der Waals surface area contributed by atoms with Crippen LogP contribution in [-0.2, 0) is 34.4 Å². The molecule has 9 nitrogen and oxygen atoms in total. The molecule has 1 spiro atoms. The number of para-hydroxylation sites is 1. The van der Waals surface area contributed by atoms with Crippen LogP contribution < -0.4 is 10.1 Å². The number of carbonyl (C=O) groups is 2. The summed E-state index contributed by atoms with van der Waals surface area (Å²) >= 11 is 0. The van der Waals surface area contributed by atoms with Crippen LogP contribution in [0.2, 0.25) is 0 Å². The van der Waals surface area contributed by atoms with Crippen molar-refractivity contribution in [3.63, 3.8) is 0 Å². The Kier molecular flexibility index (Phi) is 6.11. The number of aliphatic hydroxyl groups is 1. The fraction of sp³-hybridized carbons (Fsp3) is 0.529. The number of hydrogen-bond acceptors (Lipinski definition) is 6. The summed E-state index contributed by atoms with van der Waals surface area (Å²) in [5.41, 5.74) is 3.24. The van der Waals surface area contributed by atoms with E-state index in [1.807, 2.05) is 24.3 Å². The van der Waals surface area contributed by atoms with Crippen molar-refractivity contribution < 1.29 is 29.6 Å². The van der Waals surface area contributed by atoms with E-state index in [4.69, 9.17) is 9.84 Å². The molecule has 4 N–H and O–H groups in total. The quantitative estimate of drug-likeness (QED) is 0.267. The third-order valence-corrected chi connectivity index (χ3v) is 11.0. The molecule has 3 aromatic rings. The maximum atomic E-state index is 13.3. The molecular weight excluding hydrogens is 546 g/mol. The minimum atomic E-state index is -1.07. The fourth-order valence-electron chi connectivity index (χ4n) is 8.98. The molecule has 9 heteroatoms. The first kappa shape index (κ1) is 27.0. The summed E-state index contributed by atoms with van der Waals surface area (Å²) in [5.74, 6) is 0.398. The molecule has 43 heavy (non-hydrogen) atoms. The molecule has 2 fully saturated rings. The zero-order chi connectivity index (χ0) is 29.5. The van der Waals surface area contributed by atoms with Crippen LogP contribution in [0.1, 0.15) is 73.4 Å². The Hall–Kier alpha value is -3.56.